The van der Waals surface area contributed by atoms with Gasteiger partial charge in [-0.2, -0.15) is 47.5 Å². The molecule has 0 aliphatic carbocycles. The molecule has 4 N–H and O–H groups in total. The van der Waals surface area contributed by atoms with Crippen molar-refractivity contribution in [1.29, 1.82) is 0 Å². The number of aromatic carboxylic acids is 1. The molecule has 0 amide bonds. The van der Waals surface area contributed by atoms with Gasteiger partial charge in [-0.25, -0.2) is 4.79 Å². The number of hydrogen-bond acceptors (Lipinski definition) is 12. The second-order valence-corrected chi connectivity index (χ2v) is 15.7. The molecule has 6 aromatic rings. The van der Waals surface area contributed by atoms with Gasteiger partial charge in [0, 0.05) is 5.56 Å². The summed E-state index contributed by atoms with van der Waals surface area (Å²) in [6, 6.07) is 33.2. The lowest BCUT2D eigenvalue weighted by atomic mass is 10.1. The molecule has 0 aromatic heterocycles. The minimum Gasteiger partial charge on any atom is -0.478 e. The Hall–Kier alpha value is -7.15. The maximum atomic E-state index is 12.3. The van der Waals surface area contributed by atoms with Gasteiger partial charge in [0.15, 0.2) is 0 Å². The van der Waals surface area contributed by atoms with Gasteiger partial charge in [-0.15, -0.1) is 0 Å². The quantitative estimate of drug-likeness (QED) is 0.0462. The van der Waals surface area contributed by atoms with Crippen LogP contribution in [0.4, 0.5) is 34.1 Å². The average Bonchev–Trinajstić information content (AvgIpc) is 3.23. The van der Waals surface area contributed by atoms with Crippen LogP contribution in [0.1, 0.15) is 43.7 Å². The number of nitrogens with zero attached hydrogens (tertiary/aromatic N) is 6. The number of aliphatic hydroxyl groups is 1. The molecule has 0 radical (unpaired) electrons. The standard InChI is InChI=1S/C43H34N6O9S2/c1-28-24-40(34(27-50)25-39(28)48-45-37-21-15-33(16-22-37)43(51)52)49-46-36-19-10-30(11-20-36)7-13-32-14-23-38(26-42(32)60(56,57)58)47-44-35-17-8-29(9-18-35)6-12-31-4-2-3-5-41(31)59(53,54)55/h2-26,50H,27H2,1H3,(H,51,52)(H,53,54,55)(H,56,57,58). The minimum atomic E-state index is -4.65. The van der Waals surface area contributed by atoms with Gasteiger partial charge >= 0.3 is 5.97 Å². The highest BCUT2D eigenvalue weighted by atomic mass is 32.2. The van der Waals surface area contributed by atoms with Gasteiger partial charge in [0.2, 0.25) is 0 Å². The van der Waals surface area contributed by atoms with E-state index in [9.17, 15) is 35.8 Å². The fourth-order valence-corrected chi connectivity index (χ4v) is 6.93. The number of azo groups is 3. The molecule has 0 aliphatic heterocycles. The van der Waals surface area contributed by atoms with Gasteiger partial charge in [-0.05, 0) is 114 Å². The van der Waals surface area contributed by atoms with E-state index < -0.39 is 26.2 Å². The highest BCUT2D eigenvalue weighted by Crippen LogP contribution is 2.32. The van der Waals surface area contributed by atoms with Gasteiger partial charge in [0.1, 0.15) is 9.79 Å². The van der Waals surface area contributed by atoms with Crippen molar-refractivity contribution in [2.45, 2.75) is 23.3 Å². The molecule has 0 heterocycles. The van der Waals surface area contributed by atoms with Crippen LogP contribution in [0.25, 0.3) is 24.3 Å². The SMILES string of the molecule is Cc1cc(N=Nc2ccc(C=Cc3ccc(N=Nc4ccc(C=Cc5ccccc5S(=O)(=O)O)cc4)cc3S(=O)(=O)O)cc2)c(CO)cc1N=Nc1ccc(C(=O)O)cc1. The number of carbonyl (C=O) groups is 1. The lowest BCUT2D eigenvalue weighted by molar-refractivity contribution is 0.0696. The van der Waals surface area contributed by atoms with E-state index in [1.165, 1.54) is 54.6 Å². The molecule has 0 atom stereocenters. The van der Waals surface area contributed by atoms with Crippen LogP contribution in [0, 0.1) is 6.92 Å². The van der Waals surface area contributed by atoms with Crippen molar-refractivity contribution < 1.29 is 40.9 Å². The van der Waals surface area contributed by atoms with E-state index in [0.717, 1.165) is 5.56 Å². The Morgan fingerprint density at radius 1 is 0.533 bits per heavy atom. The molecule has 15 nitrogen and oxygen atoms in total. The van der Waals surface area contributed by atoms with E-state index in [-0.39, 0.29) is 33.2 Å². The van der Waals surface area contributed by atoms with E-state index in [2.05, 4.69) is 30.7 Å². The Kier molecular flexibility index (Phi) is 13.2. The molecular weight excluding hydrogens is 809 g/mol. The Morgan fingerprint density at radius 3 is 1.53 bits per heavy atom. The number of aryl methyl sites for hydroxylation is 1. The first-order valence-electron chi connectivity index (χ1n) is 17.7. The maximum Gasteiger partial charge on any atom is 0.335 e. The predicted molar refractivity (Wildman–Crippen MR) is 226 cm³/mol. The molecule has 0 aliphatic rings. The molecule has 0 fully saturated rings. The Labute approximate surface area is 344 Å². The summed E-state index contributed by atoms with van der Waals surface area (Å²) in [5.41, 5.74) is 5.73. The van der Waals surface area contributed by atoms with Crippen molar-refractivity contribution in [2.24, 2.45) is 30.7 Å². The van der Waals surface area contributed by atoms with Crippen molar-refractivity contribution in [3.8, 4) is 0 Å². The highest BCUT2D eigenvalue weighted by Gasteiger charge is 2.16. The van der Waals surface area contributed by atoms with E-state index in [1.54, 1.807) is 104 Å². The van der Waals surface area contributed by atoms with Crippen LogP contribution in [-0.4, -0.2) is 42.1 Å². The molecule has 6 rings (SSSR count). The van der Waals surface area contributed by atoms with Crippen molar-refractivity contribution in [3.05, 3.63) is 166 Å². The first-order valence-corrected chi connectivity index (χ1v) is 20.6. The van der Waals surface area contributed by atoms with Crippen molar-refractivity contribution in [3.63, 3.8) is 0 Å². The monoisotopic (exact) mass is 842 g/mol. The molecule has 0 saturated carbocycles. The zero-order valence-corrected chi connectivity index (χ0v) is 33.1. The molecule has 6 aromatic carbocycles. The van der Waals surface area contributed by atoms with Gasteiger partial charge in [-0.1, -0.05) is 72.8 Å². The zero-order valence-electron chi connectivity index (χ0n) is 31.5. The number of carboxylic acid groups (broad SMARTS) is 1. The number of carboxylic acids is 1. The van der Waals surface area contributed by atoms with Crippen LogP contribution in [0.3, 0.4) is 0 Å². The minimum absolute atomic E-state index is 0.132. The van der Waals surface area contributed by atoms with Crippen molar-refractivity contribution in [1.82, 2.24) is 0 Å². The number of hydrogen-bond donors (Lipinski definition) is 4. The summed E-state index contributed by atoms with van der Waals surface area (Å²) in [6.45, 7) is 1.47. The lowest BCUT2D eigenvalue weighted by Crippen LogP contribution is -2.00. The van der Waals surface area contributed by atoms with Gasteiger partial charge in [0.05, 0.1) is 46.3 Å². The fraction of sp³-hybridized carbons (Fsp3) is 0.0465. The van der Waals surface area contributed by atoms with Crippen LogP contribution in [0.2, 0.25) is 0 Å². The van der Waals surface area contributed by atoms with Crippen LogP contribution >= 0.6 is 0 Å². The fourth-order valence-electron chi connectivity index (χ4n) is 5.54. The third-order valence-electron chi connectivity index (χ3n) is 8.68. The lowest BCUT2D eigenvalue weighted by Gasteiger charge is -2.06. The predicted octanol–water partition coefficient (Wildman–Crippen LogP) is 11.3. The summed E-state index contributed by atoms with van der Waals surface area (Å²) >= 11 is 0. The van der Waals surface area contributed by atoms with Crippen molar-refractivity contribution >= 4 is 84.6 Å². The topological polar surface area (TPSA) is 240 Å². The third kappa shape index (κ3) is 11.3. The molecule has 0 unspecified atom stereocenters. The Bertz CT molecular complexity index is 2930. The maximum absolute atomic E-state index is 12.3. The summed E-state index contributed by atoms with van der Waals surface area (Å²) < 4.78 is 67.5. The molecule has 0 saturated heterocycles. The second kappa shape index (κ2) is 18.6. The largest absolute Gasteiger partial charge is 0.478 e. The van der Waals surface area contributed by atoms with Gasteiger partial charge in [0.25, 0.3) is 20.2 Å². The summed E-state index contributed by atoms with van der Waals surface area (Å²) in [5, 5.41) is 44.4. The van der Waals surface area contributed by atoms with E-state index in [1.807, 2.05) is 0 Å². The number of aliphatic hydroxyl groups excluding tert-OH is 1. The molecular formula is C43H34N6O9S2. The van der Waals surface area contributed by atoms with Gasteiger partial charge in [-0.3, -0.25) is 9.11 Å². The number of rotatable bonds is 14. The first-order chi connectivity index (χ1) is 28.7. The van der Waals surface area contributed by atoms with Crippen LogP contribution in [0.5, 0.6) is 0 Å². The van der Waals surface area contributed by atoms with Crippen LogP contribution in [-0.2, 0) is 26.8 Å². The summed E-state index contributed by atoms with van der Waals surface area (Å²) in [7, 11) is -9.04. The van der Waals surface area contributed by atoms with E-state index >= 15 is 0 Å². The van der Waals surface area contributed by atoms with Gasteiger partial charge < -0.3 is 10.2 Å². The van der Waals surface area contributed by atoms with E-state index in [4.69, 9.17) is 5.11 Å². The summed E-state index contributed by atoms with van der Waals surface area (Å²) in [5.74, 6) is -1.04. The summed E-state index contributed by atoms with van der Waals surface area (Å²) in [6.07, 6.45) is 6.41. The molecule has 302 valence electrons. The van der Waals surface area contributed by atoms with Crippen LogP contribution < -0.4 is 0 Å². The van der Waals surface area contributed by atoms with Crippen molar-refractivity contribution in [2.75, 3.05) is 0 Å². The Morgan fingerprint density at radius 2 is 1.00 bits per heavy atom. The molecule has 0 bridgehead atoms. The second-order valence-electron chi connectivity index (χ2n) is 12.9. The number of benzene rings is 6. The van der Waals surface area contributed by atoms with Crippen LogP contribution in [0.15, 0.2) is 168 Å². The molecule has 60 heavy (non-hydrogen) atoms. The highest BCUT2D eigenvalue weighted by molar-refractivity contribution is 7.86. The first kappa shape index (κ1) is 42.5. The normalized spacial score (nSPS) is 12.5. The third-order valence-corrected chi connectivity index (χ3v) is 10.5. The molecule has 0 spiro atoms. The smallest absolute Gasteiger partial charge is 0.335 e. The average molecular weight is 843 g/mol. The summed E-state index contributed by atoms with van der Waals surface area (Å²) in [4.78, 5) is 10.5. The Balaban J connectivity index is 1.11. The van der Waals surface area contributed by atoms with E-state index in [0.29, 0.717) is 50.7 Å². The zero-order chi connectivity index (χ0) is 42.9. The molecule has 17 heteroatoms.